The summed E-state index contributed by atoms with van der Waals surface area (Å²) in [5.41, 5.74) is 1.17. The molecule has 32 heavy (non-hydrogen) atoms. The third-order valence-electron chi connectivity index (χ3n) is 5.38. The van der Waals surface area contributed by atoms with E-state index in [0.717, 1.165) is 5.56 Å². The summed E-state index contributed by atoms with van der Waals surface area (Å²) in [6.45, 7) is 1.86. The second-order valence-corrected chi connectivity index (χ2v) is 8.35. The summed E-state index contributed by atoms with van der Waals surface area (Å²) in [4.78, 5) is 43.6. The predicted octanol–water partition coefficient (Wildman–Crippen LogP) is 4.92. The largest absolute Gasteiger partial charge is 0.450 e. The lowest BCUT2D eigenvalue weighted by Gasteiger charge is -2.24. The Balaban J connectivity index is 1.83. The molecule has 1 atom stereocenters. The van der Waals surface area contributed by atoms with E-state index in [4.69, 9.17) is 4.42 Å². The molecule has 8 nitrogen and oxygen atoms in total. The Morgan fingerprint density at radius 3 is 2.69 bits per heavy atom. The summed E-state index contributed by atoms with van der Waals surface area (Å²) in [6.07, 6.45) is 1.56. The number of aryl methyl sites for hydroxylation is 1. The van der Waals surface area contributed by atoms with Gasteiger partial charge in [0.25, 0.3) is 11.6 Å². The monoisotopic (exact) mass is 491 g/mol. The fourth-order valence-corrected chi connectivity index (χ4v) is 4.32. The van der Waals surface area contributed by atoms with Crippen LogP contribution in [0, 0.1) is 17.0 Å². The Bertz CT molecular complexity index is 1500. The van der Waals surface area contributed by atoms with Gasteiger partial charge >= 0.3 is 0 Å². The number of nitrogens with zero attached hydrogens (tertiary/aromatic N) is 3. The molecule has 1 amide bonds. The van der Waals surface area contributed by atoms with Gasteiger partial charge in [0.2, 0.25) is 5.76 Å². The molecule has 1 aliphatic heterocycles. The Labute approximate surface area is 189 Å². The molecule has 4 aromatic rings. The minimum absolute atomic E-state index is 0.0929. The molecule has 0 saturated carbocycles. The standard InChI is InChI=1S/C23H14BrN3O5/c1-12-7-8-25-18(9-12)26-20(13-3-2-4-15(10-13)27(30)31)19-21(28)16-11-14(24)5-6-17(16)32-22(19)23(26)29/h2-11,20H,1H3/t20-/m0/s1. The van der Waals surface area contributed by atoms with E-state index in [1.54, 1.807) is 42.6 Å². The van der Waals surface area contributed by atoms with Crippen molar-refractivity contribution in [2.24, 2.45) is 0 Å². The maximum Gasteiger partial charge on any atom is 0.296 e. The normalized spacial score (nSPS) is 15.2. The molecule has 5 rings (SSSR count). The van der Waals surface area contributed by atoms with Crippen LogP contribution in [-0.4, -0.2) is 15.8 Å². The Hall–Kier alpha value is -3.85. The van der Waals surface area contributed by atoms with Gasteiger partial charge in [-0.25, -0.2) is 4.98 Å². The van der Waals surface area contributed by atoms with Crippen LogP contribution in [0.4, 0.5) is 11.5 Å². The smallest absolute Gasteiger partial charge is 0.296 e. The molecule has 0 N–H and O–H groups in total. The summed E-state index contributed by atoms with van der Waals surface area (Å²) in [7, 11) is 0. The van der Waals surface area contributed by atoms with Crippen molar-refractivity contribution in [1.82, 2.24) is 4.98 Å². The number of benzene rings is 2. The topological polar surface area (TPSA) is 107 Å². The van der Waals surface area contributed by atoms with Gasteiger partial charge in [0.1, 0.15) is 11.4 Å². The number of carbonyl (C=O) groups is 1. The zero-order valence-electron chi connectivity index (χ0n) is 16.6. The number of rotatable bonds is 3. The highest BCUT2D eigenvalue weighted by Crippen LogP contribution is 2.41. The van der Waals surface area contributed by atoms with Gasteiger partial charge in [0.15, 0.2) is 5.43 Å². The molecule has 3 heterocycles. The molecule has 0 spiro atoms. The van der Waals surface area contributed by atoms with Crippen LogP contribution in [0.25, 0.3) is 11.0 Å². The summed E-state index contributed by atoms with van der Waals surface area (Å²) in [5.74, 6) is -0.302. The molecule has 158 valence electrons. The Kier molecular flexibility index (Phi) is 4.63. The van der Waals surface area contributed by atoms with Crippen LogP contribution < -0.4 is 10.3 Å². The minimum Gasteiger partial charge on any atom is -0.450 e. The average molecular weight is 492 g/mol. The summed E-state index contributed by atoms with van der Waals surface area (Å²) in [5, 5.41) is 11.7. The SMILES string of the molecule is Cc1ccnc(N2C(=O)c3oc4ccc(Br)cc4c(=O)c3[C@@H]2c2cccc([N+](=O)[O-])c2)c1. The van der Waals surface area contributed by atoms with Crippen LogP contribution in [0.3, 0.4) is 0 Å². The lowest BCUT2D eigenvalue weighted by Crippen LogP contribution is -2.30. The highest BCUT2D eigenvalue weighted by atomic mass is 79.9. The number of nitro groups is 1. The van der Waals surface area contributed by atoms with Crippen LogP contribution in [0.5, 0.6) is 0 Å². The summed E-state index contributed by atoms with van der Waals surface area (Å²) < 4.78 is 6.58. The molecule has 0 aliphatic carbocycles. The molecular formula is C23H14BrN3O5. The van der Waals surface area contributed by atoms with E-state index in [9.17, 15) is 19.7 Å². The molecule has 9 heteroatoms. The van der Waals surface area contributed by atoms with E-state index >= 15 is 0 Å². The van der Waals surface area contributed by atoms with Crippen LogP contribution in [-0.2, 0) is 0 Å². The minimum atomic E-state index is -0.925. The number of non-ortho nitro benzene ring substituents is 1. The number of halogens is 1. The number of carbonyl (C=O) groups excluding carboxylic acids is 1. The molecule has 0 unspecified atom stereocenters. The first kappa shape index (κ1) is 20.1. The van der Waals surface area contributed by atoms with E-state index < -0.39 is 16.9 Å². The van der Waals surface area contributed by atoms with Crippen molar-refractivity contribution in [3.63, 3.8) is 0 Å². The molecule has 2 aromatic heterocycles. The Morgan fingerprint density at radius 1 is 1.12 bits per heavy atom. The first-order chi connectivity index (χ1) is 15.3. The number of fused-ring (bicyclic) bond motifs is 2. The highest BCUT2D eigenvalue weighted by Gasteiger charge is 2.44. The third-order valence-corrected chi connectivity index (χ3v) is 5.87. The molecule has 0 fully saturated rings. The van der Waals surface area contributed by atoms with E-state index in [-0.39, 0.29) is 28.0 Å². The number of anilines is 1. The number of pyridine rings is 1. The van der Waals surface area contributed by atoms with Crippen molar-refractivity contribution < 1.29 is 14.1 Å². The van der Waals surface area contributed by atoms with E-state index in [0.29, 0.717) is 21.2 Å². The van der Waals surface area contributed by atoms with Gasteiger partial charge in [-0.3, -0.25) is 24.6 Å². The van der Waals surface area contributed by atoms with Gasteiger partial charge in [-0.05, 0) is 48.4 Å². The van der Waals surface area contributed by atoms with Crippen LogP contribution in [0.1, 0.15) is 33.3 Å². The van der Waals surface area contributed by atoms with Crippen molar-refractivity contribution in [3.05, 3.63) is 108 Å². The lowest BCUT2D eigenvalue weighted by molar-refractivity contribution is -0.384. The molecule has 0 saturated heterocycles. The average Bonchev–Trinajstić information content (AvgIpc) is 3.07. The third kappa shape index (κ3) is 3.09. The number of amides is 1. The molecule has 2 aromatic carbocycles. The lowest BCUT2D eigenvalue weighted by atomic mass is 9.98. The predicted molar refractivity (Wildman–Crippen MR) is 121 cm³/mol. The van der Waals surface area contributed by atoms with Crippen molar-refractivity contribution in [2.75, 3.05) is 4.90 Å². The van der Waals surface area contributed by atoms with Gasteiger partial charge in [-0.1, -0.05) is 28.1 Å². The molecule has 0 radical (unpaired) electrons. The number of nitro benzene ring substituents is 1. The van der Waals surface area contributed by atoms with Crippen LogP contribution >= 0.6 is 15.9 Å². The molecule has 0 bridgehead atoms. The molecular weight excluding hydrogens is 478 g/mol. The fraction of sp³-hybridized carbons (Fsp3) is 0.0870. The highest BCUT2D eigenvalue weighted by molar-refractivity contribution is 9.10. The Morgan fingerprint density at radius 2 is 1.94 bits per heavy atom. The van der Waals surface area contributed by atoms with Crippen molar-refractivity contribution in [3.8, 4) is 0 Å². The van der Waals surface area contributed by atoms with Crippen molar-refractivity contribution in [2.45, 2.75) is 13.0 Å². The zero-order valence-corrected chi connectivity index (χ0v) is 18.2. The maximum atomic E-state index is 13.6. The number of hydrogen-bond donors (Lipinski definition) is 0. The van der Waals surface area contributed by atoms with Gasteiger partial charge < -0.3 is 4.42 Å². The summed E-state index contributed by atoms with van der Waals surface area (Å²) >= 11 is 3.36. The summed E-state index contributed by atoms with van der Waals surface area (Å²) in [6, 6.07) is 13.4. The zero-order chi connectivity index (χ0) is 22.6. The second-order valence-electron chi connectivity index (χ2n) is 7.44. The van der Waals surface area contributed by atoms with Gasteiger partial charge in [-0.15, -0.1) is 0 Å². The van der Waals surface area contributed by atoms with E-state index in [1.165, 1.54) is 23.1 Å². The van der Waals surface area contributed by atoms with Crippen molar-refractivity contribution >= 4 is 44.3 Å². The van der Waals surface area contributed by atoms with E-state index in [1.807, 2.05) is 6.92 Å². The molecule has 1 aliphatic rings. The first-order valence-electron chi connectivity index (χ1n) is 9.62. The van der Waals surface area contributed by atoms with E-state index in [2.05, 4.69) is 20.9 Å². The second kappa shape index (κ2) is 7.38. The fourth-order valence-electron chi connectivity index (χ4n) is 3.96. The maximum absolute atomic E-state index is 13.6. The van der Waals surface area contributed by atoms with Crippen molar-refractivity contribution in [1.29, 1.82) is 0 Å². The number of hydrogen-bond acceptors (Lipinski definition) is 6. The van der Waals surface area contributed by atoms with Crippen LogP contribution in [0.2, 0.25) is 0 Å². The van der Waals surface area contributed by atoms with Gasteiger partial charge in [0, 0.05) is 22.8 Å². The van der Waals surface area contributed by atoms with Gasteiger partial charge in [0.05, 0.1) is 21.9 Å². The van der Waals surface area contributed by atoms with Gasteiger partial charge in [-0.2, -0.15) is 0 Å². The first-order valence-corrected chi connectivity index (χ1v) is 10.4. The number of aromatic nitrogens is 1. The van der Waals surface area contributed by atoms with Crippen LogP contribution in [0.15, 0.2) is 74.5 Å². The quantitative estimate of drug-likeness (QED) is 0.297.